The summed E-state index contributed by atoms with van der Waals surface area (Å²) in [7, 11) is 0. The Labute approximate surface area is 113 Å². The van der Waals surface area contributed by atoms with Crippen LogP contribution in [0.2, 0.25) is 0 Å². The highest BCUT2D eigenvalue weighted by Gasteiger charge is 2.30. The van der Waals surface area contributed by atoms with Crippen molar-refractivity contribution in [2.45, 2.75) is 65.0 Å². The van der Waals surface area contributed by atoms with Crippen molar-refractivity contribution < 1.29 is 0 Å². The second-order valence-electron chi connectivity index (χ2n) is 6.11. The molecule has 0 spiro atoms. The third kappa shape index (κ3) is 4.26. The van der Waals surface area contributed by atoms with Gasteiger partial charge >= 0.3 is 0 Å². The molecule has 1 aliphatic heterocycles. The van der Waals surface area contributed by atoms with Crippen LogP contribution in [0.1, 0.15) is 53.4 Å². The number of hydrogen-bond donors (Lipinski definition) is 1. The normalized spacial score (nSPS) is 24.1. The molecular weight excluding hydrogens is 222 g/mol. The van der Waals surface area contributed by atoms with E-state index in [1.165, 1.54) is 19.4 Å². The summed E-state index contributed by atoms with van der Waals surface area (Å²) in [6.07, 6.45) is 4.64. The number of nitrogens with zero attached hydrogens (tertiary/aromatic N) is 2. The molecule has 3 heteroatoms. The first-order valence-electron chi connectivity index (χ1n) is 7.42. The minimum absolute atomic E-state index is 0.361. The zero-order chi connectivity index (χ0) is 13.6. The molecule has 0 aromatic heterocycles. The van der Waals surface area contributed by atoms with Gasteiger partial charge in [-0.1, -0.05) is 20.8 Å². The van der Waals surface area contributed by atoms with E-state index >= 15 is 0 Å². The molecule has 0 bridgehead atoms. The summed E-state index contributed by atoms with van der Waals surface area (Å²) in [5.74, 6) is 0.726. The lowest BCUT2D eigenvalue weighted by molar-refractivity contribution is 0.190. The van der Waals surface area contributed by atoms with Crippen molar-refractivity contribution in [1.82, 2.24) is 10.2 Å². The quantitative estimate of drug-likeness (QED) is 0.756. The van der Waals surface area contributed by atoms with Crippen LogP contribution >= 0.6 is 0 Å². The van der Waals surface area contributed by atoms with E-state index in [0.717, 1.165) is 37.9 Å². The van der Waals surface area contributed by atoms with Gasteiger partial charge in [0.15, 0.2) is 0 Å². The molecule has 0 radical (unpaired) electrons. The standard InChI is InChI=1S/C15H29N3/c1-5-9-17-15(4,12-16)8-11-18-10-6-7-14(18)13(2)3/h13-14,17H,5-11H2,1-4H3. The Balaban J connectivity index is 2.45. The van der Waals surface area contributed by atoms with Gasteiger partial charge in [0, 0.05) is 12.6 Å². The van der Waals surface area contributed by atoms with Crippen LogP contribution in [-0.4, -0.2) is 36.1 Å². The van der Waals surface area contributed by atoms with Gasteiger partial charge in [0.1, 0.15) is 5.54 Å². The van der Waals surface area contributed by atoms with Crippen molar-refractivity contribution >= 4 is 0 Å². The second kappa shape index (κ2) is 7.11. The Hall–Kier alpha value is -0.590. The molecule has 0 aliphatic carbocycles. The van der Waals surface area contributed by atoms with Gasteiger partial charge < -0.3 is 4.90 Å². The molecule has 0 aromatic rings. The average Bonchev–Trinajstić information content (AvgIpc) is 2.82. The lowest BCUT2D eigenvalue weighted by Crippen LogP contribution is -2.45. The van der Waals surface area contributed by atoms with Gasteiger partial charge in [-0.25, -0.2) is 0 Å². The van der Waals surface area contributed by atoms with Crippen LogP contribution in [0.4, 0.5) is 0 Å². The van der Waals surface area contributed by atoms with Crippen LogP contribution in [0.5, 0.6) is 0 Å². The Bertz CT molecular complexity index is 282. The Morgan fingerprint density at radius 1 is 1.50 bits per heavy atom. The molecule has 3 nitrogen and oxygen atoms in total. The predicted octanol–water partition coefficient (Wildman–Crippen LogP) is 2.78. The Morgan fingerprint density at radius 3 is 2.78 bits per heavy atom. The van der Waals surface area contributed by atoms with Crippen LogP contribution in [-0.2, 0) is 0 Å². The van der Waals surface area contributed by atoms with E-state index in [2.05, 4.69) is 37.1 Å². The first-order chi connectivity index (χ1) is 8.52. The van der Waals surface area contributed by atoms with E-state index in [0.29, 0.717) is 0 Å². The maximum Gasteiger partial charge on any atom is 0.105 e. The summed E-state index contributed by atoms with van der Waals surface area (Å²) in [5, 5.41) is 12.7. The predicted molar refractivity (Wildman–Crippen MR) is 76.4 cm³/mol. The van der Waals surface area contributed by atoms with Crippen molar-refractivity contribution in [3.05, 3.63) is 0 Å². The largest absolute Gasteiger partial charge is 0.300 e. The van der Waals surface area contributed by atoms with E-state index in [4.69, 9.17) is 0 Å². The first kappa shape index (κ1) is 15.5. The summed E-state index contributed by atoms with van der Waals surface area (Å²) >= 11 is 0. The van der Waals surface area contributed by atoms with Crippen LogP contribution in [0.25, 0.3) is 0 Å². The molecule has 1 aliphatic rings. The molecule has 1 saturated heterocycles. The van der Waals surface area contributed by atoms with E-state index in [-0.39, 0.29) is 5.54 Å². The fraction of sp³-hybridized carbons (Fsp3) is 0.933. The maximum atomic E-state index is 9.33. The maximum absolute atomic E-state index is 9.33. The van der Waals surface area contributed by atoms with E-state index < -0.39 is 0 Å². The zero-order valence-corrected chi connectivity index (χ0v) is 12.5. The summed E-state index contributed by atoms with van der Waals surface area (Å²) in [5.41, 5.74) is -0.361. The Morgan fingerprint density at radius 2 is 2.22 bits per heavy atom. The van der Waals surface area contributed by atoms with Crippen LogP contribution in [0, 0.1) is 17.2 Å². The highest BCUT2D eigenvalue weighted by molar-refractivity contribution is 5.04. The molecule has 2 unspecified atom stereocenters. The lowest BCUT2D eigenvalue weighted by Gasteiger charge is -2.31. The highest BCUT2D eigenvalue weighted by Crippen LogP contribution is 2.24. The topological polar surface area (TPSA) is 39.1 Å². The summed E-state index contributed by atoms with van der Waals surface area (Å²) in [6, 6.07) is 3.16. The monoisotopic (exact) mass is 251 g/mol. The van der Waals surface area contributed by atoms with Crippen molar-refractivity contribution in [1.29, 1.82) is 5.26 Å². The summed E-state index contributed by atoms with van der Waals surface area (Å²) in [6.45, 7) is 12.0. The molecule has 1 rings (SSSR count). The van der Waals surface area contributed by atoms with Crippen molar-refractivity contribution in [3.63, 3.8) is 0 Å². The van der Waals surface area contributed by atoms with Crippen molar-refractivity contribution in [2.75, 3.05) is 19.6 Å². The number of nitriles is 1. The van der Waals surface area contributed by atoms with Gasteiger partial charge in [0.05, 0.1) is 6.07 Å². The third-order valence-electron chi connectivity index (χ3n) is 4.09. The zero-order valence-electron chi connectivity index (χ0n) is 12.5. The molecule has 1 heterocycles. The van der Waals surface area contributed by atoms with E-state index in [1.807, 2.05) is 6.92 Å². The summed E-state index contributed by atoms with van der Waals surface area (Å²) < 4.78 is 0. The number of rotatable bonds is 7. The fourth-order valence-electron chi connectivity index (χ4n) is 2.84. The summed E-state index contributed by atoms with van der Waals surface area (Å²) in [4.78, 5) is 2.58. The molecule has 0 amide bonds. The minimum atomic E-state index is -0.361. The van der Waals surface area contributed by atoms with Gasteiger partial charge in [-0.2, -0.15) is 5.26 Å². The SMILES string of the molecule is CCCNC(C)(C#N)CCN1CCCC1C(C)C. The van der Waals surface area contributed by atoms with Gasteiger partial charge in [0.2, 0.25) is 0 Å². The number of nitrogens with one attached hydrogen (secondary N) is 1. The van der Waals surface area contributed by atoms with Crippen molar-refractivity contribution in [2.24, 2.45) is 5.92 Å². The molecule has 2 atom stereocenters. The molecule has 0 saturated carbocycles. The molecular formula is C15H29N3. The molecule has 0 aromatic carbocycles. The second-order valence-corrected chi connectivity index (χ2v) is 6.11. The number of hydrogen-bond acceptors (Lipinski definition) is 3. The van der Waals surface area contributed by atoms with Crippen LogP contribution in [0.15, 0.2) is 0 Å². The molecule has 1 fully saturated rings. The van der Waals surface area contributed by atoms with E-state index in [9.17, 15) is 5.26 Å². The van der Waals surface area contributed by atoms with Crippen LogP contribution in [0.3, 0.4) is 0 Å². The Kier molecular flexibility index (Phi) is 6.11. The molecule has 1 N–H and O–H groups in total. The van der Waals surface area contributed by atoms with Gasteiger partial charge in [-0.05, 0) is 51.6 Å². The lowest BCUT2D eigenvalue weighted by atomic mass is 9.97. The van der Waals surface area contributed by atoms with Crippen molar-refractivity contribution in [3.8, 4) is 6.07 Å². The van der Waals surface area contributed by atoms with Gasteiger partial charge in [-0.15, -0.1) is 0 Å². The van der Waals surface area contributed by atoms with Gasteiger partial charge in [-0.3, -0.25) is 5.32 Å². The van der Waals surface area contributed by atoms with E-state index in [1.54, 1.807) is 0 Å². The smallest absolute Gasteiger partial charge is 0.105 e. The molecule has 104 valence electrons. The first-order valence-corrected chi connectivity index (χ1v) is 7.42. The van der Waals surface area contributed by atoms with Crippen LogP contribution < -0.4 is 5.32 Å². The van der Waals surface area contributed by atoms with Gasteiger partial charge in [0.25, 0.3) is 0 Å². The third-order valence-corrected chi connectivity index (χ3v) is 4.09. The average molecular weight is 251 g/mol. The fourth-order valence-corrected chi connectivity index (χ4v) is 2.84. The minimum Gasteiger partial charge on any atom is -0.300 e. The number of likely N-dealkylation sites (tertiary alicyclic amines) is 1. The molecule has 18 heavy (non-hydrogen) atoms. The highest BCUT2D eigenvalue weighted by atomic mass is 15.2.